The number of benzene rings is 4. The van der Waals surface area contributed by atoms with E-state index >= 15 is 0 Å². The summed E-state index contributed by atoms with van der Waals surface area (Å²) in [5, 5.41) is 2.34. The van der Waals surface area contributed by atoms with Crippen molar-refractivity contribution in [1.82, 2.24) is 19.5 Å². The lowest BCUT2D eigenvalue weighted by Gasteiger charge is -2.13. The molecule has 4 aromatic carbocycles. The quantitative estimate of drug-likeness (QED) is 0.220. The van der Waals surface area contributed by atoms with Gasteiger partial charge in [0.2, 0.25) is 5.89 Å². The van der Waals surface area contributed by atoms with E-state index in [0.717, 1.165) is 48.5 Å². The summed E-state index contributed by atoms with van der Waals surface area (Å²) in [4.78, 5) is 39.5. The first kappa shape index (κ1) is 26.9. The van der Waals surface area contributed by atoms with Gasteiger partial charge in [-0.1, -0.05) is 30.3 Å². The predicted octanol–water partition coefficient (Wildman–Crippen LogP) is 7.15. The molecule has 0 saturated carbocycles. The average molecular weight is 613 g/mol. The molecule has 0 aliphatic carbocycles. The van der Waals surface area contributed by atoms with E-state index in [4.69, 9.17) is 18.9 Å². The molecule has 0 aliphatic heterocycles. The van der Waals surface area contributed by atoms with Gasteiger partial charge in [0.05, 0.1) is 30.0 Å². The normalized spacial score (nSPS) is 11.6. The highest BCUT2D eigenvalue weighted by Gasteiger charge is 2.21. The summed E-state index contributed by atoms with van der Waals surface area (Å²) in [6.07, 6.45) is 0. The van der Waals surface area contributed by atoms with Crippen molar-refractivity contribution in [3.05, 3.63) is 106 Å². The van der Waals surface area contributed by atoms with E-state index < -0.39 is 0 Å². The number of nitrogens with zero attached hydrogens (tertiary/aromatic N) is 3. The zero-order valence-corrected chi connectivity index (χ0v) is 25.2. The molecule has 8 rings (SSSR count). The maximum atomic E-state index is 13.7. The summed E-state index contributed by atoms with van der Waals surface area (Å²) in [5.41, 5.74) is 4.99. The third-order valence-electron chi connectivity index (χ3n) is 8.10. The van der Waals surface area contributed by atoms with Gasteiger partial charge in [-0.2, -0.15) is 0 Å². The van der Waals surface area contributed by atoms with Gasteiger partial charge in [-0.15, -0.1) is 11.3 Å². The summed E-state index contributed by atoms with van der Waals surface area (Å²) in [7, 11) is 4.96. The molecule has 0 radical (unpaired) electrons. The van der Waals surface area contributed by atoms with Crippen LogP contribution in [0.15, 0.2) is 98.9 Å². The van der Waals surface area contributed by atoms with E-state index in [9.17, 15) is 9.59 Å². The standard InChI is InChI=1S/C35H24N4O5S/c1-39-29-23(7-5-9-25(29)30-27(35(39)41)37-33(44-30)18-10-14-20(42-2)15-11-18)22-6-4-8-24-26(22)36-32(40)28-31(24)45-34(38-28)19-12-16-21(43-3)17-13-19/h4-17H,1-3H3,(H,36,40). The third-order valence-corrected chi connectivity index (χ3v) is 9.24. The van der Waals surface area contributed by atoms with Gasteiger partial charge in [0, 0.05) is 40.1 Å². The Morgan fingerprint density at radius 2 is 1.40 bits per heavy atom. The lowest BCUT2D eigenvalue weighted by molar-refractivity contribution is 0.414. The average Bonchev–Trinajstić information content (AvgIpc) is 3.74. The molecule has 0 bridgehead atoms. The fraction of sp³-hybridized carbons (Fsp3) is 0.0857. The first-order valence-electron chi connectivity index (χ1n) is 14.1. The number of nitrogens with one attached hydrogen (secondary N) is 1. The molecule has 0 spiro atoms. The minimum atomic E-state index is -0.281. The summed E-state index contributed by atoms with van der Waals surface area (Å²) < 4.78 is 19.2. The molecule has 1 N–H and O–H groups in total. The highest BCUT2D eigenvalue weighted by molar-refractivity contribution is 7.22. The highest BCUT2D eigenvalue weighted by Crippen LogP contribution is 2.39. The monoisotopic (exact) mass is 612 g/mol. The van der Waals surface area contributed by atoms with Crippen LogP contribution in [0.1, 0.15) is 0 Å². The molecule has 9 nitrogen and oxygen atoms in total. The highest BCUT2D eigenvalue weighted by atomic mass is 32.1. The molecule has 0 fully saturated rings. The van der Waals surface area contributed by atoms with Crippen molar-refractivity contribution in [2.45, 2.75) is 0 Å². The van der Waals surface area contributed by atoms with Crippen molar-refractivity contribution < 1.29 is 13.9 Å². The Hall–Kier alpha value is -5.74. The smallest absolute Gasteiger partial charge is 0.280 e. The SMILES string of the molecule is COc1ccc(-c2nc3c(=O)n(C)c4c(-c5cccc6c5[nH]c(=O)c5nc(-c7ccc(OC)cc7)sc56)cccc4c3o2)cc1. The van der Waals surface area contributed by atoms with Gasteiger partial charge in [-0.3, -0.25) is 9.59 Å². The van der Waals surface area contributed by atoms with Gasteiger partial charge < -0.3 is 23.4 Å². The van der Waals surface area contributed by atoms with Crippen LogP contribution in [0, 0.1) is 0 Å². The van der Waals surface area contributed by atoms with Gasteiger partial charge in [0.1, 0.15) is 22.0 Å². The maximum absolute atomic E-state index is 13.7. The second-order valence-corrected chi connectivity index (χ2v) is 11.6. The topological polar surface area (TPSA) is 112 Å². The number of thiazole rings is 1. The largest absolute Gasteiger partial charge is 0.497 e. The van der Waals surface area contributed by atoms with Crippen LogP contribution in [0.3, 0.4) is 0 Å². The van der Waals surface area contributed by atoms with Crippen LogP contribution in [0.25, 0.3) is 76.3 Å². The van der Waals surface area contributed by atoms with E-state index in [1.807, 2.05) is 84.9 Å². The number of H-pyrrole nitrogens is 1. The molecule has 0 aliphatic rings. The Bertz CT molecular complexity index is 2560. The minimum Gasteiger partial charge on any atom is -0.497 e. The lowest BCUT2D eigenvalue weighted by atomic mass is 9.98. The van der Waals surface area contributed by atoms with Gasteiger partial charge in [-0.05, 0) is 54.6 Å². The molecule has 45 heavy (non-hydrogen) atoms. The zero-order chi connectivity index (χ0) is 30.8. The van der Waals surface area contributed by atoms with Crippen LogP contribution in [0.5, 0.6) is 11.5 Å². The van der Waals surface area contributed by atoms with E-state index in [1.54, 1.807) is 25.8 Å². The Morgan fingerprint density at radius 1 is 0.756 bits per heavy atom. The van der Waals surface area contributed by atoms with Crippen LogP contribution in [0.2, 0.25) is 0 Å². The molecular weight excluding hydrogens is 588 g/mol. The van der Waals surface area contributed by atoms with Crippen LogP contribution in [-0.2, 0) is 7.05 Å². The second-order valence-electron chi connectivity index (χ2n) is 10.6. The fourth-order valence-corrected chi connectivity index (χ4v) is 6.96. The van der Waals surface area contributed by atoms with E-state index in [-0.39, 0.29) is 16.6 Å². The molecule has 8 aromatic rings. The molecule has 4 heterocycles. The summed E-state index contributed by atoms with van der Waals surface area (Å²) >= 11 is 1.47. The number of pyridine rings is 2. The Balaban J connectivity index is 1.34. The molecular formula is C35H24N4O5S. The van der Waals surface area contributed by atoms with Crippen LogP contribution < -0.4 is 20.6 Å². The molecule has 0 saturated heterocycles. The van der Waals surface area contributed by atoms with Crippen molar-refractivity contribution in [2.24, 2.45) is 7.05 Å². The van der Waals surface area contributed by atoms with Crippen molar-refractivity contribution in [3.8, 4) is 44.7 Å². The lowest BCUT2D eigenvalue weighted by Crippen LogP contribution is -2.18. The van der Waals surface area contributed by atoms with Gasteiger partial charge in [0.15, 0.2) is 11.1 Å². The second kappa shape index (κ2) is 10.2. The van der Waals surface area contributed by atoms with Crippen LogP contribution in [0.4, 0.5) is 0 Å². The van der Waals surface area contributed by atoms with Crippen molar-refractivity contribution in [1.29, 1.82) is 0 Å². The van der Waals surface area contributed by atoms with Gasteiger partial charge in [-0.25, -0.2) is 9.97 Å². The van der Waals surface area contributed by atoms with E-state index in [0.29, 0.717) is 33.8 Å². The first-order valence-corrected chi connectivity index (χ1v) is 14.9. The number of hydrogen-bond donors (Lipinski definition) is 1. The maximum Gasteiger partial charge on any atom is 0.280 e. The molecule has 4 aromatic heterocycles. The Labute approximate surface area is 258 Å². The molecule has 220 valence electrons. The number of methoxy groups -OCH3 is 2. The van der Waals surface area contributed by atoms with E-state index in [2.05, 4.69) is 9.97 Å². The molecule has 0 amide bonds. The van der Waals surface area contributed by atoms with Crippen LogP contribution in [-0.4, -0.2) is 33.7 Å². The van der Waals surface area contributed by atoms with Crippen LogP contribution >= 0.6 is 11.3 Å². The van der Waals surface area contributed by atoms with E-state index in [1.165, 1.54) is 11.3 Å². The van der Waals surface area contributed by atoms with Gasteiger partial charge in [0.25, 0.3) is 11.1 Å². The minimum absolute atomic E-state index is 0.247. The number of aromatic nitrogens is 4. The first-order chi connectivity index (χ1) is 21.9. The summed E-state index contributed by atoms with van der Waals surface area (Å²) in [6, 6.07) is 26.6. The Morgan fingerprint density at radius 3 is 2.09 bits per heavy atom. The Kier molecular flexibility index (Phi) is 6.07. The number of para-hydroxylation sites is 2. The number of oxazole rings is 1. The molecule has 10 heteroatoms. The van der Waals surface area contributed by atoms with Gasteiger partial charge >= 0.3 is 0 Å². The summed E-state index contributed by atoms with van der Waals surface area (Å²) in [6.45, 7) is 0. The van der Waals surface area contributed by atoms with Crippen molar-refractivity contribution >= 4 is 54.5 Å². The predicted molar refractivity (Wildman–Crippen MR) is 177 cm³/mol. The number of hydrogen-bond acceptors (Lipinski definition) is 8. The van der Waals surface area contributed by atoms with Crippen molar-refractivity contribution in [3.63, 3.8) is 0 Å². The molecule has 0 atom stereocenters. The number of ether oxygens (including phenoxy) is 2. The third kappa shape index (κ3) is 4.14. The number of aromatic amines is 1. The number of aryl methyl sites for hydroxylation is 1. The van der Waals surface area contributed by atoms with Crippen molar-refractivity contribution in [2.75, 3.05) is 14.2 Å². The summed E-state index contributed by atoms with van der Waals surface area (Å²) in [5.74, 6) is 1.80. The number of fused-ring (bicyclic) bond motifs is 6. The fourth-order valence-electron chi connectivity index (χ4n) is 5.86. The number of rotatable bonds is 5. The molecule has 0 unspecified atom stereocenters. The zero-order valence-electron chi connectivity index (χ0n) is 24.4.